The number of imide groups is 2. The number of carbonyl (C=O) groups excluding carboxylic acids is 7. The van der Waals surface area contributed by atoms with E-state index in [0.717, 1.165) is 29.2 Å². The lowest BCUT2D eigenvalue weighted by Crippen LogP contribution is -2.45. The molecule has 3 heterocycles. The highest BCUT2D eigenvalue weighted by molar-refractivity contribution is 9.09. The van der Waals surface area contributed by atoms with E-state index in [1.807, 2.05) is 60.7 Å². The summed E-state index contributed by atoms with van der Waals surface area (Å²) in [5.74, 6) is -0.906. The van der Waals surface area contributed by atoms with Crippen LogP contribution in [0.3, 0.4) is 0 Å². The van der Waals surface area contributed by atoms with E-state index in [4.69, 9.17) is 14.2 Å². The number of Topliss-reactive ketones (excluding diaryl/α,β-unsaturated/α-hetero) is 2. The fraction of sp³-hybridized carbons (Fsp3) is 0.548. The average Bonchev–Trinajstić information content (AvgIpc) is 3.98. The molecule has 0 radical (unpaired) electrons. The van der Waals surface area contributed by atoms with Crippen LogP contribution in [-0.2, 0) is 51.0 Å². The van der Waals surface area contributed by atoms with Crippen LogP contribution in [0, 0.1) is 10.8 Å². The maximum absolute atomic E-state index is 12.6. The Morgan fingerprint density at radius 1 is 0.768 bits per heavy atom. The highest BCUT2D eigenvalue weighted by Crippen LogP contribution is 2.28. The zero-order valence-electron chi connectivity index (χ0n) is 33.4. The van der Waals surface area contributed by atoms with Gasteiger partial charge in [0.25, 0.3) is 0 Å². The van der Waals surface area contributed by atoms with Gasteiger partial charge in [-0.05, 0) is 50.7 Å². The van der Waals surface area contributed by atoms with Gasteiger partial charge in [0.1, 0.15) is 31.1 Å². The molecule has 2 aromatic carbocycles. The van der Waals surface area contributed by atoms with Gasteiger partial charge in [0, 0.05) is 31.5 Å². The Bertz CT molecular complexity index is 1590. The van der Waals surface area contributed by atoms with Crippen LogP contribution in [0.25, 0.3) is 0 Å². The van der Waals surface area contributed by atoms with Gasteiger partial charge in [0.2, 0.25) is 11.8 Å². The number of hydrogen-bond acceptors (Lipinski definition) is 11. The van der Waals surface area contributed by atoms with E-state index < -0.39 is 41.1 Å². The molecule has 13 nitrogen and oxygen atoms in total. The summed E-state index contributed by atoms with van der Waals surface area (Å²) in [4.78, 5) is 82.9. The van der Waals surface area contributed by atoms with E-state index in [0.29, 0.717) is 25.5 Å². The van der Waals surface area contributed by atoms with Crippen LogP contribution in [0.15, 0.2) is 60.7 Å². The molecule has 0 unspecified atom stereocenters. The topological polar surface area (TPSA) is 174 Å². The summed E-state index contributed by atoms with van der Waals surface area (Å²) < 4.78 is 14.9. The van der Waals surface area contributed by atoms with E-state index in [1.165, 1.54) is 17.7 Å². The Hall–Kier alpha value is -4.27. The van der Waals surface area contributed by atoms with E-state index in [2.05, 4.69) is 15.9 Å². The molecule has 0 spiro atoms. The summed E-state index contributed by atoms with van der Waals surface area (Å²) in [6, 6.07) is 18.7. The summed E-state index contributed by atoms with van der Waals surface area (Å²) in [7, 11) is 0. The van der Waals surface area contributed by atoms with Gasteiger partial charge in [-0.25, -0.2) is 19.4 Å². The lowest BCUT2D eigenvalue weighted by molar-refractivity contribution is -0.139. The zero-order valence-corrected chi connectivity index (χ0v) is 35.0. The van der Waals surface area contributed by atoms with E-state index in [-0.39, 0.29) is 54.9 Å². The maximum atomic E-state index is 12.6. The lowest BCUT2D eigenvalue weighted by Gasteiger charge is -2.29. The molecule has 56 heavy (non-hydrogen) atoms. The third-order valence-electron chi connectivity index (χ3n) is 9.60. The Labute approximate surface area is 338 Å². The molecule has 1 N–H and O–H groups in total. The van der Waals surface area contributed by atoms with Crippen molar-refractivity contribution in [2.45, 2.75) is 105 Å². The lowest BCUT2D eigenvalue weighted by atomic mass is 9.79. The number of hydrogen-bond donors (Lipinski definition) is 1. The summed E-state index contributed by atoms with van der Waals surface area (Å²) in [6.07, 6.45) is 2.40. The molecule has 14 heteroatoms. The number of cyclic esters (lactones) is 2. The number of ketones is 2. The minimum absolute atomic E-state index is 0.00231. The highest BCUT2D eigenvalue weighted by atomic mass is 79.9. The van der Waals surface area contributed by atoms with Gasteiger partial charge < -0.3 is 24.1 Å². The number of aliphatic hydroxyl groups is 1. The van der Waals surface area contributed by atoms with Gasteiger partial charge in [-0.1, -0.05) is 104 Å². The van der Waals surface area contributed by atoms with Gasteiger partial charge in [0.15, 0.2) is 0 Å². The van der Waals surface area contributed by atoms with Crippen LogP contribution in [-0.4, -0.2) is 107 Å². The fourth-order valence-corrected chi connectivity index (χ4v) is 6.13. The van der Waals surface area contributed by atoms with E-state index >= 15 is 0 Å². The van der Waals surface area contributed by atoms with Crippen molar-refractivity contribution < 1.29 is 52.9 Å². The molecule has 0 bridgehead atoms. The van der Waals surface area contributed by atoms with E-state index in [9.17, 15) is 38.7 Å². The number of ether oxygens (including phenoxy) is 3. The van der Waals surface area contributed by atoms with Crippen molar-refractivity contribution >= 4 is 57.8 Å². The standard InChI is InChI=1S/C19H25NO5.C12H12BrNO3.C7H12O2.C4H8O/c1-4-15(21)19(2,3)16(22)11-17(23)20-14(12-25-18(20)24)10-13-8-6-5-7-9-13;13-7-11(15)14-10(8-17-12(14)16)6-9-4-2-1-3-5-9;1-4-6(9)7(2,3)5-8;1-2-4-5-3-1/h5-9,14,16,22H,4,10-12H2,1-3H3;1-5,10H,6-8H2;5H,4H2,1-3H3;1-4H2/t14-,16-;10-;;/m00../s1. The molecule has 3 saturated heterocycles. The maximum Gasteiger partial charge on any atom is 0.417 e. The minimum atomic E-state index is -1.15. The predicted molar refractivity (Wildman–Crippen MR) is 213 cm³/mol. The first-order valence-electron chi connectivity index (χ1n) is 18.9. The molecule has 5 rings (SSSR count). The number of rotatable bonds is 13. The molecular weight excluding hydrogens is 788 g/mol. The number of aliphatic hydroxyl groups excluding tert-OH is 1. The van der Waals surface area contributed by atoms with Crippen LogP contribution in [0.5, 0.6) is 0 Å². The first kappa shape index (κ1) is 47.9. The second kappa shape index (κ2) is 23.7. The van der Waals surface area contributed by atoms with Crippen molar-refractivity contribution in [3.05, 3.63) is 71.8 Å². The number of aldehydes is 1. The molecule has 0 aliphatic carbocycles. The molecule has 0 aromatic heterocycles. The zero-order chi connectivity index (χ0) is 41.9. The quantitative estimate of drug-likeness (QED) is 0.136. The Morgan fingerprint density at radius 3 is 1.54 bits per heavy atom. The SMILES string of the molecule is C1CCOC1.CCC(=O)C(C)(C)C=O.CCC(=O)C(C)(C)[C@@H](O)CC(=O)N1C(=O)OC[C@@H]1Cc1ccccc1.O=C(CBr)N1C(=O)OC[C@@H]1Cc1ccccc1. The number of alkyl halides is 1. The molecular formula is C42H57BrN2O11. The monoisotopic (exact) mass is 844 g/mol. The molecule has 3 aliphatic heterocycles. The number of carbonyl (C=O) groups is 7. The van der Waals surface area contributed by atoms with Gasteiger partial charge in [-0.15, -0.1) is 0 Å². The summed E-state index contributed by atoms with van der Waals surface area (Å²) >= 11 is 3.07. The first-order valence-corrected chi connectivity index (χ1v) is 20.1. The number of amides is 4. The number of benzene rings is 2. The van der Waals surface area contributed by atoms with Crippen LogP contribution >= 0.6 is 15.9 Å². The van der Waals surface area contributed by atoms with Crippen molar-refractivity contribution in [2.75, 3.05) is 31.8 Å². The van der Waals surface area contributed by atoms with Gasteiger partial charge >= 0.3 is 12.2 Å². The summed E-state index contributed by atoms with van der Waals surface area (Å²) in [5.41, 5.74) is 0.270. The third-order valence-corrected chi connectivity index (χ3v) is 10.1. The molecule has 4 amide bonds. The Morgan fingerprint density at radius 2 is 1.20 bits per heavy atom. The van der Waals surface area contributed by atoms with Crippen LogP contribution in [0.2, 0.25) is 0 Å². The van der Waals surface area contributed by atoms with E-state index in [1.54, 1.807) is 41.5 Å². The highest BCUT2D eigenvalue weighted by Gasteiger charge is 2.42. The largest absolute Gasteiger partial charge is 0.447 e. The van der Waals surface area contributed by atoms with Crippen molar-refractivity contribution in [2.24, 2.45) is 10.8 Å². The summed E-state index contributed by atoms with van der Waals surface area (Å²) in [6.45, 7) is 12.4. The molecule has 3 fully saturated rings. The first-order chi connectivity index (χ1) is 26.5. The molecule has 308 valence electrons. The summed E-state index contributed by atoms with van der Waals surface area (Å²) in [5, 5.41) is 10.5. The second-order valence-electron chi connectivity index (χ2n) is 14.7. The van der Waals surface area contributed by atoms with Crippen LogP contribution in [0.4, 0.5) is 9.59 Å². The van der Waals surface area contributed by atoms with Crippen LogP contribution in [0.1, 0.15) is 84.8 Å². The fourth-order valence-electron chi connectivity index (χ4n) is 5.86. The minimum Gasteiger partial charge on any atom is -0.447 e. The van der Waals surface area contributed by atoms with Crippen molar-refractivity contribution in [1.82, 2.24) is 9.80 Å². The van der Waals surface area contributed by atoms with Crippen LogP contribution < -0.4 is 0 Å². The normalized spacial score (nSPS) is 18.1. The third kappa shape index (κ3) is 14.7. The molecule has 0 saturated carbocycles. The molecule has 2 aromatic rings. The molecule has 3 aliphatic rings. The number of nitrogens with zero attached hydrogens (tertiary/aromatic N) is 2. The Kier molecular flexibility index (Phi) is 20.3. The predicted octanol–water partition coefficient (Wildman–Crippen LogP) is 6.29. The van der Waals surface area contributed by atoms with Gasteiger partial charge in [-0.2, -0.15) is 0 Å². The molecule has 3 atom stereocenters. The second-order valence-corrected chi connectivity index (χ2v) is 15.2. The number of halogens is 1. The van der Waals surface area contributed by atoms with Crippen molar-refractivity contribution in [3.63, 3.8) is 0 Å². The van der Waals surface area contributed by atoms with Crippen molar-refractivity contribution in [1.29, 1.82) is 0 Å². The van der Waals surface area contributed by atoms with Gasteiger partial charge in [0.05, 0.1) is 35.4 Å². The smallest absolute Gasteiger partial charge is 0.417 e. The Balaban J connectivity index is 0.000000298. The average molecular weight is 846 g/mol. The van der Waals surface area contributed by atoms with Crippen molar-refractivity contribution in [3.8, 4) is 0 Å². The van der Waals surface area contributed by atoms with Gasteiger partial charge in [-0.3, -0.25) is 19.2 Å².